The van der Waals surface area contributed by atoms with Crippen LogP contribution in [0, 0.1) is 3.57 Å². The van der Waals surface area contributed by atoms with Gasteiger partial charge in [-0.15, -0.1) is 0 Å². The number of amides is 2. The Morgan fingerprint density at radius 3 is 2.72 bits per heavy atom. The molecule has 0 spiro atoms. The van der Waals surface area contributed by atoms with Crippen molar-refractivity contribution in [1.82, 2.24) is 3.64 Å². The van der Waals surface area contributed by atoms with Gasteiger partial charge in [0.1, 0.15) is 0 Å². The Morgan fingerprint density at radius 2 is 2.00 bits per heavy atom. The Morgan fingerprint density at radius 1 is 1.20 bits per heavy atom. The summed E-state index contributed by atoms with van der Waals surface area (Å²) in [5.74, 6) is -0.308. The maximum Gasteiger partial charge on any atom is 0.256 e. The average molecular weight is 560 g/mol. The van der Waals surface area contributed by atoms with Gasteiger partial charge in [-0.1, -0.05) is 6.07 Å². The predicted molar refractivity (Wildman–Crippen MR) is 117 cm³/mol. The zero-order chi connectivity index (χ0) is 18.0. The largest absolute Gasteiger partial charge is 0.326 e. The molecule has 2 aromatic carbocycles. The molecule has 0 saturated carbocycles. The van der Waals surface area contributed by atoms with Crippen molar-refractivity contribution in [2.24, 2.45) is 0 Å². The normalized spacial score (nSPS) is 14.2. The third-order valence-corrected chi connectivity index (χ3v) is 4.82. The van der Waals surface area contributed by atoms with Gasteiger partial charge >= 0.3 is 0 Å². The number of fused-ring (bicyclic) bond motifs is 1. The first-order valence-corrected chi connectivity index (χ1v) is 9.50. The lowest BCUT2D eigenvalue weighted by Crippen LogP contribution is -2.09. The minimum Gasteiger partial charge on any atom is -0.326 e. The van der Waals surface area contributed by atoms with Gasteiger partial charge in [0.05, 0.1) is 5.69 Å². The van der Waals surface area contributed by atoms with Crippen LogP contribution in [-0.2, 0) is 9.59 Å². The van der Waals surface area contributed by atoms with Crippen LogP contribution in [0.1, 0.15) is 18.1 Å². The highest BCUT2D eigenvalue weighted by Crippen LogP contribution is 2.35. The molecule has 0 bridgehead atoms. The molecule has 8 heteroatoms. The van der Waals surface area contributed by atoms with E-state index in [9.17, 15) is 9.59 Å². The van der Waals surface area contributed by atoms with Gasteiger partial charge in [0.15, 0.2) is 0 Å². The zero-order valence-electron chi connectivity index (χ0n) is 13.1. The molecular formula is C17H14I2N4O2. The fourth-order valence-corrected chi connectivity index (χ4v) is 3.32. The first-order valence-electron chi connectivity index (χ1n) is 7.34. The van der Waals surface area contributed by atoms with Crippen molar-refractivity contribution in [1.29, 1.82) is 0 Å². The second-order valence-corrected chi connectivity index (χ2v) is 7.11. The summed E-state index contributed by atoms with van der Waals surface area (Å²) in [5.41, 5.74) is 7.62. The van der Waals surface area contributed by atoms with Crippen LogP contribution in [0.5, 0.6) is 0 Å². The van der Waals surface area contributed by atoms with Gasteiger partial charge in [-0.05, 0) is 64.6 Å². The van der Waals surface area contributed by atoms with Crippen LogP contribution in [0.3, 0.4) is 0 Å². The number of hydrogen-bond donors (Lipinski definition) is 4. The monoisotopic (exact) mass is 560 g/mol. The molecule has 0 aromatic heterocycles. The Kier molecular flexibility index (Phi) is 5.59. The minimum atomic E-state index is -0.157. The van der Waals surface area contributed by atoms with E-state index in [0.29, 0.717) is 11.3 Å². The fraction of sp³-hybridized carbons (Fsp3) is 0.0588. The average Bonchev–Trinajstić information content (AvgIpc) is 2.86. The van der Waals surface area contributed by atoms with Crippen LogP contribution in [0.4, 0.5) is 17.1 Å². The van der Waals surface area contributed by atoms with E-state index in [1.165, 1.54) is 6.92 Å². The van der Waals surface area contributed by atoms with Crippen molar-refractivity contribution in [2.75, 3.05) is 16.1 Å². The molecule has 25 heavy (non-hydrogen) atoms. The number of carbonyl (C=O) groups is 2. The maximum absolute atomic E-state index is 12.3. The van der Waals surface area contributed by atoms with Crippen molar-refractivity contribution in [2.45, 2.75) is 6.92 Å². The number of hydrazine groups is 1. The number of halogens is 2. The van der Waals surface area contributed by atoms with E-state index in [0.717, 1.165) is 26.1 Å². The molecule has 0 saturated heterocycles. The lowest BCUT2D eigenvalue weighted by atomic mass is 10.0. The van der Waals surface area contributed by atoms with Crippen LogP contribution >= 0.6 is 45.5 Å². The zero-order valence-corrected chi connectivity index (χ0v) is 17.4. The summed E-state index contributed by atoms with van der Waals surface area (Å²) in [6.45, 7) is 1.45. The summed E-state index contributed by atoms with van der Waals surface area (Å²) in [6.07, 6.45) is 1.84. The Hall–Kier alpha value is -1.66. The molecule has 6 nitrogen and oxygen atoms in total. The van der Waals surface area contributed by atoms with Gasteiger partial charge in [-0.2, -0.15) is 3.64 Å². The Bertz CT molecular complexity index is 896. The number of rotatable bonds is 4. The molecule has 0 radical (unpaired) electrons. The van der Waals surface area contributed by atoms with Gasteiger partial charge in [-0.3, -0.25) is 9.59 Å². The quantitative estimate of drug-likeness (QED) is 0.197. The maximum atomic E-state index is 12.3. The lowest BCUT2D eigenvalue weighted by molar-refractivity contribution is -0.114. The van der Waals surface area contributed by atoms with Gasteiger partial charge in [0.25, 0.3) is 5.91 Å². The van der Waals surface area contributed by atoms with Gasteiger partial charge < -0.3 is 16.1 Å². The first kappa shape index (κ1) is 18.1. The standard InChI is InChI=1S/C17H14I2N4O2/c1-9(24)20-11-3-5-15-12(8-11)13(17(25)21-15)6-10-2-4-14(18)16(7-10)22-23-19/h2-8,22-23H,1H3,(H,20,24)(H,21,25)/b13-6+. The van der Waals surface area contributed by atoms with E-state index in [-0.39, 0.29) is 11.8 Å². The van der Waals surface area contributed by atoms with Gasteiger partial charge in [0, 0.05) is 55.9 Å². The second kappa shape index (κ2) is 7.70. The summed E-state index contributed by atoms with van der Waals surface area (Å²) >= 11 is 4.25. The third kappa shape index (κ3) is 4.12. The van der Waals surface area contributed by atoms with E-state index < -0.39 is 0 Å². The minimum absolute atomic E-state index is 0.151. The summed E-state index contributed by atoms with van der Waals surface area (Å²) in [5, 5.41) is 5.59. The molecule has 2 aromatic rings. The number of anilines is 3. The Balaban J connectivity index is 2.01. The topological polar surface area (TPSA) is 82.3 Å². The highest BCUT2D eigenvalue weighted by Gasteiger charge is 2.24. The molecule has 1 aliphatic rings. The lowest BCUT2D eigenvalue weighted by Gasteiger charge is -2.08. The molecule has 1 aliphatic heterocycles. The van der Waals surface area contributed by atoms with E-state index in [1.54, 1.807) is 18.2 Å². The molecule has 0 atom stereocenters. The Labute approximate surface area is 172 Å². The molecule has 0 aliphatic carbocycles. The number of nitrogens with one attached hydrogen (secondary N) is 4. The van der Waals surface area contributed by atoms with Crippen LogP contribution in [-0.4, -0.2) is 11.8 Å². The molecule has 128 valence electrons. The van der Waals surface area contributed by atoms with Gasteiger partial charge in [0.2, 0.25) is 5.91 Å². The predicted octanol–water partition coefficient (Wildman–Crippen LogP) is 4.01. The third-order valence-electron chi connectivity index (χ3n) is 3.61. The summed E-state index contributed by atoms with van der Waals surface area (Å²) in [4.78, 5) is 23.6. The van der Waals surface area contributed by atoms with Crippen LogP contribution < -0.4 is 19.7 Å². The summed E-state index contributed by atoms with van der Waals surface area (Å²) in [7, 11) is 0. The van der Waals surface area contributed by atoms with Crippen molar-refractivity contribution in [3.8, 4) is 0 Å². The highest BCUT2D eigenvalue weighted by atomic mass is 127. The van der Waals surface area contributed by atoms with Crippen molar-refractivity contribution < 1.29 is 9.59 Å². The fourth-order valence-electron chi connectivity index (χ4n) is 2.56. The molecule has 1 heterocycles. The number of hydrogen-bond acceptors (Lipinski definition) is 4. The van der Waals surface area contributed by atoms with Crippen molar-refractivity contribution in [3.63, 3.8) is 0 Å². The highest BCUT2D eigenvalue weighted by molar-refractivity contribution is 14.1. The molecule has 3 rings (SSSR count). The van der Waals surface area contributed by atoms with E-state index in [4.69, 9.17) is 0 Å². The smallest absolute Gasteiger partial charge is 0.256 e. The SMILES string of the molecule is CC(=O)Nc1ccc2c(c1)/C(=C\c1ccc(I)c(NNI)c1)C(=O)N2. The van der Waals surface area contributed by atoms with Crippen LogP contribution in [0.2, 0.25) is 0 Å². The van der Waals surface area contributed by atoms with Crippen LogP contribution in [0.15, 0.2) is 36.4 Å². The first-order chi connectivity index (χ1) is 12.0. The van der Waals surface area contributed by atoms with E-state index >= 15 is 0 Å². The molecular weight excluding hydrogens is 546 g/mol. The molecule has 0 unspecified atom stereocenters. The van der Waals surface area contributed by atoms with Crippen LogP contribution in [0.25, 0.3) is 11.6 Å². The van der Waals surface area contributed by atoms with Crippen molar-refractivity contribution >= 4 is 86.0 Å². The number of benzene rings is 2. The molecule has 4 N–H and O–H groups in total. The summed E-state index contributed by atoms with van der Waals surface area (Å²) < 4.78 is 3.93. The summed E-state index contributed by atoms with van der Waals surface area (Å²) in [6, 6.07) is 11.3. The second-order valence-electron chi connectivity index (χ2n) is 5.41. The molecule has 2 amide bonds. The van der Waals surface area contributed by atoms with Gasteiger partial charge in [-0.25, -0.2) is 0 Å². The van der Waals surface area contributed by atoms with Crippen molar-refractivity contribution in [3.05, 3.63) is 51.1 Å². The van der Waals surface area contributed by atoms with E-state index in [1.807, 2.05) is 47.1 Å². The van der Waals surface area contributed by atoms with E-state index in [2.05, 4.69) is 42.3 Å². The molecule has 0 fully saturated rings. The number of carbonyl (C=O) groups excluding carboxylic acids is 2.